The average molecular weight is 332 g/mol. The highest BCUT2D eigenvalue weighted by Crippen LogP contribution is 2.33. The third kappa shape index (κ3) is 3.65. The summed E-state index contributed by atoms with van der Waals surface area (Å²) in [5.41, 5.74) is 2.63. The second-order valence-electron chi connectivity index (χ2n) is 6.66. The molecule has 0 spiro atoms. The molecule has 0 saturated heterocycles. The van der Waals surface area contributed by atoms with Gasteiger partial charge in [-0.25, -0.2) is 4.98 Å². The number of aromatic nitrogens is 3. The van der Waals surface area contributed by atoms with Gasteiger partial charge in [0.15, 0.2) is 0 Å². The Kier molecular flexibility index (Phi) is 4.46. The highest BCUT2D eigenvalue weighted by atomic mass is 32.1. The highest BCUT2D eigenvalue weighted by molar-refractivity contribution is 7.09. The predicted molar refractivity (Wildman–Crippen MR) is 90.4 cm³/mol. The maximum atomic E-state index is 5.73. The summed E-state index contributed by atoms with van der Waals surface area (Å²) in [6.07, 6.45) is 6.88. The van der Waals surface area contributed by atoms with Crippen LogP contribution in [0.4, 0.5) is 0 Å². The molecule has 1 atom stereocenters. The van der Waals surface area contributed by atoms with Gasteiger partial charge in [0.05, 0.1) is 18.8 Å². The van der Waals surface area contributed by atoms with Gasteiger partial charge in [0.25, 0.3) is 0 Å². The molecule has 2 aliphatic rings. The van der Waals surface area contributed by atoms with Crippen LogP contribution in [-0.4, -0.2) is 39.4 Å². The predicted octanol–water partition coefficient (Wildman–Crippen LogP) is 2.89. The molecule has 1 fully saturated rings. The van der Waals surface area contributed by atoms with Crippen LogP contribution in [0.3, 0.4) is 0 Å². The second-order valence-corrected chi connectivity index (χ2v) is 7.64. The Labute approximate surface area is 141 Å². The van der Waals surface area contributed by atoms with Crippen molar-refractivity contribution < 1.29 is 4.74 Å². The quantitative estimate of drug-likeness (QED) is 0.782. The van der Waals surface area contributed by atoms with Crippen LogP contribution in [0.5, 0.6) is 0 Å². The van der Waals surface area contributed by atoms with E-state index in [1.807, 2.05) is 6.20 Å². The first kappa shape index (κ1) is 15.3. The Hall–Kier alpha value is -1.24. The lowest BCUT2D eigenvalue weighted by Crippen LogP contribution is -2.34. The molecule has 0 N–H and O–H groups in total. The minimum atomic E-state index is 0.374. The van der Waals surface area contributed by atoms with Crippen LogP contribution in [0.1, 0.15) is 41.9 Å². The van der Waals surface area contributed by atoms with E-state index < -0.39 is 0 Å². The monoisotopic (exact) mass is 332 g/mol. The van der Waals surface area contributed by atoms with E-state index in [9.17, 15) is 0 Å². The van der Waals surface area contributed by atoms with E-state index in [4.69, 9.17) is 9.84 Å². The van der Waals surface area contributed by atoms with Crippen LogP contribution < -0.4 is 0 Å². The Morgan fingerprint density at radius 3 is 3.04 bits per heavy atom. The third-order valence-corrected chi connectivity index (χ3v) is 5.40. The minimum absolute atomic E-state index is 0.374. The highest BCUT2D eigenvalue weighted by Gasteiger charge is 2.30. The summed E-state index contributed by atoms with van der Waals surface area (Å²) >= 11 is 1.73. The first-order chi connectivity index (χ1) is 11.3. The molecule has 0 aromatic carbocycles. The van der Waals surface area contributed by atoms with E-state index in [0.29, 0.717) is 5.92 Å². The average Bonchev–Trinajstić information content (AvgIpc) is 3.04. The lowest BCUT2D eigenvalue weighted by molar-refractivity contribution is 0.104. The van der Waals surface area contributed by atoms with Gasteiger partial charge in [-0.15, -0.1) is 11.3 Å². The van der Waals surface area contributed by atoms with E-state index in [2.05, 4.69) is 33.1 Å². The van der Waals surface area contributed by atoms with Crippen LogP contribution in [0.2, 0.25) is 0 Å². The van der Waals surface area contributed by atoms with Gasteiger partial charge in [0, 0.05) is 55.5 Å². The fourth-order valence-corrected chi connectivity index (χ4v) is 4.00. The van der Waals surface area contributed by atoms with E-state index in [1.54, 1.807) is 11.3 Å². The standard InChI is InChI=1S/C17H24N4OS/c1-2-22-12-15-9-20(11-16-18-5-6-23-16)8-14-10-21(19-17(14)15)7-13-3-4-13/h5-6,10,13,15H,2-4,7-9,11-12H2,1H3/t15-/m1/s1. The first-order valence-corrected chi connectivity index (χ1v) is 9.44. The van der Waals surface area contributed by atoms with Crippen LogP contribution in [-0.2, 0) is 24.4 Å². The van der Waals surface area contributed by atoms with Crippen molar-refractivity contribution in [3.05, 3.63) is 34.0 Å². The molecule has 1 aliphatic heterocycles. The largest absolute Gasteiger partial charge is 0.381 e. The number of hydrogen-bond acceptors (Lipinski definition) is 5. The SMILES string of the molecule is CCOC[C@H]1CN(Cc2nccs2)Cc2cn(CC3CC3)nc21. The molecule has 1 saturated carbocycles. The van der Waals surface area contributed by atoms with Crippen molar-refractivity contribution in [2.75, 3.05) is 19.8 Å². The second kappa shape index (κ2) is 6.71. The Morgan fingerprint density at radius 1 is 1.39 bits per heavy atom. The minimum Gasteiger partial charge on any atom is -0.381 e. The van der Waals surface area contributed by atoms with E-state index in [0.717, 1.165) is 45.3 Å². The van der Waals surface area contributed by atoms with Crippen molar-refractivity contribution in [3.63, 3.8) is 0 Å². The number of ether oxygens (including phenoxy) is 1. The summed E-state index contributed by atoms with van der Waals surface area (Å²) in [5, 5.41) is 8.13. The number of hydrogen-bond donors (Lipinski definition) is 0. The van der Waals surface area contributed by atoms with Crippen molar-refractivity contribution in [2.24, 2.45) is 5.92 Å². The van der Waals surface area contributed by atoms with Gasteiger partial charge in [-0.2, -0.15) is 5.10 Å². The Morgan fingerprint density at radius 2 is 2.30 bits per heavy atom. The fraction of sp³-hybridized carbons (Fsp3) is 0.647. The van der Waals surface area contributed by atoms with Gasteiger partial charge in [-0.05, 0) is 25.7 Å². The van der Waals surface area contributed by atoms with Crippen molar-refractivity contribution in [3.8, 4) is 0 Å². The number of nitrogens with zero attached hydrogens (tertiary/aromatic N) is 4. The van der Waals surface area contributed by atoms with E-state index in [-0.39, 0.29) is 0 Å². The molecule has 0 unspecified atom stereocenters. The molecular formula is C17H24N4OS. The molecule has 5 nitrogen and oxygen atoms in total. The molecule has 3 heterocycles. The Balaban J connectivity index is 1.51. The molecule has 0 amide bonds. The van der Waals surface area contributed by atoms with Gasteiger partial charge < -0.3 is 4.74 Å². The summed E-state index contributed by atoms with van der Waals surface area (Å²) < 4.78 is 7.90. The summed E-state index contributed by atoms with van der Waals surface area (Å²) in [6.45, 7) is 7.58. The molecule has 0 radical (unpaired) electrons. The summed E-state index contributed by atoms with van der Waals surface area (Å²) in [7, 11) is 0. The van der Waals surface area contributed by atoms with Crippen molar-refractivity contribution in [1.29, 1.82) is 0 Å². The van der Waals surface area contributed by atoms with E-state index in [1.165, 1.54) is 29.1 Å². The number of rotatable bonds is 7. The zero-order chi connectivity index (χ0) is 15.6. The van der Waals surface area contributed by atoms with E-state index >= 15 is 0 Å². The summed E-state index contributed by atoms with van der Waals surface area (Å²) in [5.74, 6) is 1.23. The molecule has 2 aromatic heterocycles. The van der Waals surface area contributed by atoms with Gasteiger partial charge in [0.2, 0.25) is 0 Å². The molecule has 124 valence electrons. The maximum Gasteiger partial charge on any atom is 0.107 e. The molecule has 23 heavy (non-hydrogen) atoms. The van der Waals surface area contributed by atoms with Crippen molar-refractivity contribution in [2.45, 2.75) is 45.3 Å². The molecule has 1 aliphatic carbocycles. The lowest BCUT2D eigenvalue weighted by atomic mass is 9.97. The number of thiazole rings is 1. The van der Waals surface area contributed by atoms with Gasteiger partial charge in [-0.3, -0.25) is 9.58 Å². The lowest BCUT2D eigenvalue weighted by Gasteiger charge is -2.31. The topological polar surface area (TPSA) is 43.2 Å². The van der Waals surface area contributed by atoms with Gasteiger partial charge >= 0.3 is 0 Å². The van der Waals surface area contributed by atoms with Crippen LogP contribution in [0.25, 0.3) is 0 Å². The van der Waals surface area contributed by atoms with Crippen LogP contribution in [0, 0.1) is 5.92 Å². The first-order valence-electron chi connectivity index (χ1n) is 8.56. The molecule has 6 heteroatoms. The third-order valence-electron chi connectivity index (χ3n) is 4.64. The zero-order valence-corrected chi connectivity index (χ0v) is 14.5. The normalized spacial score (nSPS) is 21.5. The smallest absolute Gasteiger partial charge is 0.107 e. The fourth-order valence-electron chi connectivity index (χ4n) is 3.34. The maximum absolute atomic E-state index is 5.73. The molecule has 0 bridgehead atoms. The van der Waals surface area contributed by atoms with Gasteiger partial charge in [-0.1, -0.05) is 0 Å². The summed E-state index contributed by atoms with van der Waals surface area (Å²) in [4.78, 5) is 6.91. The van der Waals surface area contributed by atoms with Gasteiger partial charge in [0.1, 0.15) is 5.01 Å². The number of fused-ring (bicyclic) bond motifs is 1. The molecule has 4 rings (SSSR count). The summed E-state index contributed by atoms with van der Waals surface area (Å²) in [6, 6.07) is 0. The van der Waals surface area contributed by atoms with Crippen molar-refractivity contribution in [1.82, 2.24) is 19.7 Å². The zero-order valence-electron chi connectivity index (χ0n) is 13.6. The Bertz CT molecular complexity index is 635. The molecule has 2 aromatic rings. The molecular weight excluding hydrogens is 308 g/mol. The van der Waals surface area contributed by atoms with Crippen LogP contribution >= 0.6 is 11.3 Å². The van der Waals surface area contributed by atoms with Crippen LogP contribution in [0.15, 0.2) is 17.8 Å². The van der Waals surface area contributed by atoms with Crippen molar-refractivity contribution >= 4 is 11.3 Å².